The molecule has 19 heavy (non-hydrogen) atoms. The average molecular weight is 268 g/mol. The number of nitrogens with zero attached hydrogens (tertiary/aromatic N) is 3. The van der Waals surface area contributed by atoms with Crippen LogP contribution in [-0.2, 0) is 4.79 Å². The van der Waals surface area contributed by atoms with Gasteiger partial charge in [0.05, 0.1) is 6.54 Å². The van der Waals surface area contributed by atoms with Crippen LogP contribution in [0.15, 0.2) is 0 Å². The zero-order valence-electron chi connectivity index (χ0n) is 12.4. The van der Waals surface area contributed by atoms with Crippen LogP contribution in [0.2, 0.25) is 0 Å². The molecule has 0 saturated carbocycles. The molecule has 2 saturated heterocycles. The second kappa shape index (κ2) is 7.22. The molecule has 1 unspecified atom stereocenters. The molecular weight excluding hydrogens is 240 g/mol. The third-order valence-corrected chi connectivity index (χ3v) is 4.22. The topological polar surface area (TPSA) is 38.8 Å². The van der Waals surface area contributed by atoms with Crippen LogP contribution in [0.25, 0.3) is 0 Å². The van der Waals surface area contributed by atoms with Crippen molar-refractivity contribution in [1.82, 2.24) is 20.0 Å². The molecule has 2 fully saturated rings. The van der Waals surface area contributed by atoms with Crippen molar-refractivity contribution in [2.45, 2.75) is 25.8 Å². The van der Waals surface area contributed by atoms with Crippen LogP contribution in [0.1, 0.15) is 19.8 Å². The second-order valence-electron chi connectivity index (χ2n) is 5.92. The molecule has 1 atom stereocenters. The lowest BCUT2D eigenvalue weighted by Gasteiger charge is -2.30. The maximum absolute atomic E-state index is 12.4. The molecule has 110 valence electrons. The summed E-state index contributed by atoms with van der Waals surface area (Å²) in [5, 5.41) is 3.35. The van der Waals surface area contributed by atoms with Gasteiger partial charge in [0.2, 0.25) is 5.91 Å². The molecule has 2 aliphatic heterocycles. The van der Waals surface area contributed by atoms with Gasteiger partial charge in [0.15, 0.2) is 0 Å². The van der Waals surface area contributed by atoms with Crippen LogP contribution in [0.3, 0.4) is 0 Å². The van der Waals surface area contributed by atoms with Gasteiger partial charge < -0.3 is 15.1 Å². The van der Waals surface area contributed by atoms with Crippen molar-refractivity contribution in [2.75, 3.05) is 59.4 Å². The van der Waals surface area contributed by atoms with Gasteiger partial charge in [0, 0.05) is 38.8 Å². The van der Waals surface area contributed by atoms with E-state index in [0.29, 0.717) is 18.5 Å². The molecule has 0 spiro atoms. The summed E-state index contributed by atoms with van der Waals surface area (Å²) in [7, 11) is 2.17. The van der Waals surface area contributed by atoms with Crippen LogP contribution >= 0.6 is 0 Å². The highest BCUT2D eigenvalue weighted by atomic mass is 16.2. The Kier molecular flexibility index (Phi) is 5.60. The van der Waals surface area contributed by atoms with Crippen molar-refractivity contribution >= 4 is 5.91 Å². The van der Waals surface area contributed by atoms with E-state index in [9.17, 15) is 4.79 Å². The summed E-state index contributed by atoms with van der Waals surface area (Å²) in [5.74, 6) is 0.306. The Morgan fingerprint density at radius 2 is 2.00 bits per heavy atom. The highest BCUT2D eigenvalue weighted by Crippen LogP contribution is 2.09. The van der Waals surface area contributed by atoms with E-state index < -0.39 is 0 Å². The SMILES string of the molecule is CC1CN(C)CCCN1CC(=O)N1CCCNCC1. The second-order valence-corrected chi connectivity index (χ2v) is 5.92. The summed E-state index contributed by atoms with van der Waals surface area (Å²) in [6.45, 7) is 9.82. The van der Waals surface area contributed by atoms with Crippen molar-refractivity contribution in [3.63, 3.8) is 0 Å². The standard InChI is InChI=1S/C14H28N4O/c1-13-11-16(2)7-4-9-18(13)12-14(19)17-8-3-5-15-6-10-17/h13,15H,3-12H2,1-2H3. The zero-order chi connectivity index (χ0) is 13.7. The number of nitrogens with one attached hydrogen (secondary N) is 1. The Labute approximate surface area is 116 Å². The van der Waals surface area contributed by atoms with Crippen molar-refractivity contribution in [3.8, 4) is 0 Å². The minimum absolute atomic E-state index is 0.306. The van der Waals surface area contributed by atoms with Crippen LogP contribution < -0.4 is 5.32 Å². The Hall–Kier alpha value is -0.650. The third kappa shape index (κ3) is 4.44. The maximum Gasteiger partial charge on any atom is 0.236 e. The Balaban J connectivity index is 1.86. The van der Waals surface area contributed by atoms with Crippen molar-refractivity contribution < 1.29 is 4.79 Å². The summed E-state index contributed by atoms with van der Waals surface area (Å²) >= 11 is 0. The van der Waals surface area contributed by atoms with Crippen LogP contribution in [-0.4, -0.2) is 86.1 Å². The van der Waals surface area contributed by atoms with Crippen LogP contribution in [0.4, 0.5) is 0 Å². The first kappa shape index (κ1) is 14.8. The zero-order valence-corrected chi connectivity index (χ0v) is 12.4. The van der Waals surface area contributed by atoms with E-state index in [1.807, 2.05) is 4.90 Å². The van der Waals surface area contributed by atoms with Gasteiger partial charge in [-0.05, 0) is 39.9 Å². The van der Waals surface area contributed by atoms with Gasteiger partial charge >= 0.3 is 0 Å². The molecular formula is C14H28N4O. The molecule has 1 amide bonds. The number of rotatable bonds is 2. The van der Waals surface area contributed by atoms with E-state index >= 15 is 0 Å². The normalized spacial score (nSPS) is 27.9. The van der Waals surface area contributed by atoms with Gasteiger partial charge in [-0.15, -0.1) is 0 Å². The third-order valence-electron chi connectivity index (χ3n) is 4.22. The number of carbonyl (C=O) groups is 1. The molecule has 5 nitrogen and oxygen atoms in total. The Morgan fingerprint density at radius 3 is 2.84 bits per heavy atom. The minimum atomic E-state index is 0.306. The predicted molar refractivity (Wildman–Crippen MR) is 77.2 cm³/mol. The smallest absolute Gasteiger partial charge is 0.236 e. The van der Waals surface area contributed by atoms with E-state index in [0.717, 1.165) is 58.7 Å². The van der Waals surface area contributed by atoms with E-state index in [-0.39, 0.29) is 0 Å². The quantitative estimate of drug-likeness (QED) is 0.755. The van der Waals surface area contributed by atoms with Gasteiger partial charge in [0.25, 0.3) is 0 Å². The van der Waals surface area contributed by atoms with E-state index in [1.165, 1.54) is 0 Å². The number of carbonyl (C=O) groups excluding carboxylic acids is 1. The molecule has 0 bridgehead atoms. The fraction of sp³-hybridized carbons (Fsp3) is 0.929. The van der Waals surface area contributed by atoms with Crippen molar-refractivity contribution in [1.29, 1.82) is 0 Å². The van der Waals surface area contributed by atoms with Crippen LogP contribution in [0, 0.1) is 0 Å². The lowest BCUT2D eigenvalue weighted by molar-refractivity contribution is -0.132. The molecule has 2 rings (SSSR count). The molecule has 0 aromatic carbocycles. The molecule has 2 aliphatic rings. The molecule has 1 N–H and O–H groups in total. The van der Waals surface area contributed by atoms with Crippen LogP contribution in [0.5, 0.6) is 0 Å². The number of hydrogen-bond donors (Lipinski definition) is 1. The number of hydrogen-bond acceptors (Lipinski definition) is 4. The van der Waals surface area contributed by atoms with Crippen molar-refractivity contribution in [2.24, 2.45) is 0 Å². The highest BCUT2D eigenvalue weighted by Gasteiger charge is 2.24. The fourth-order valence-corrected chi connectivity index (χ4v) is 3.03. The van der Waals surface area contributed by atoms with E-state index in [2.05, 4.69) is 29.1 Å². The first-order chi connectivity index (χ1) is 9.16. The molecule has 5 heteroatoms. The average Bonchev–Trinajstić information content (AvgIpc) is 2.72. The number of likely N-dealkylation sites (N-methyl/N-ethyl adjacent to an activating group) is 1. The largest absolute Gasteiger partial charge is 0.340 e. The molecule has 0 radical (unpaired) electrons. The first-order valence-corrected chi connectivity index (χ1v) is 7.58. The monoisotopic (exact) mass is 268 g/mol. The lowest BCUT2D eigenvalue weighted by Crippen LogP contribution is -2.46. The van der Waals surface area contributed by atoms with Crippen molar-refractivity contribution in [3.05, 3.63) is 0 Å². The summed E-state index contributed by atoms with van der Waals surface area (Å²) in [5.41, 5.74) is 0. The Morgan fingerprint density at radius 1 is 1.16 bits per heavy atom. The Bertz CT molecular complexity index is 289. The summed E-state index contributed by atoms with van der Waals surface area (Å²) in [4.78, 5) is 19.1. The van der Waals surface area contributed by atoms with Gasteiger partial charge in [-0.2, -0.15) is 0 Å². The van der Waals surface area contributed by atoms with Gasteiger partial charge in [-0.25, -0.2) is 0 Å². The summed E-state index contributed by atoms with van der Waals surface area (Å²) in [6, 6.07) is 0.474. The molecule has 0 aromatic rings. The minimum Gasteiger partial charge on any atom is -0.340 e. The summed E-state index contributed by atoms with van der Waals surface area (Å²) in [6.07, 6.45) is 2.24. The fourth-order valence-electron chi connectivity index (χ4n) is 3.03. The van der Waals surface area contributed by atoms with Gasteiger partial charge in [0.1, 0.15) is 0 Å². The van der Waals surface area contributed by atoms with E-state index in [1.54, 1.807) is 0 Å². The first-order valence-electron chi connectivity index (χ1n) is 7.58. The highest BCUT2D eigenvalue weighted by molar-refractivity contribution is 5.78. The molecule has 0 aliphatic carbocycles. The number of amides is 1. The maximum atomic E-state index is 12.4. The van der Waals surface area contributed by atoms with E-state index in [4.69, 9.17) is 0 Å². The lowest BCUT2D eigenvalue weighted by atomic mass is 10.2. The molecule has 0 aromatic heterocycles. The van der Waals surface area contributed by atoms with Gasteiger partial charge in [-0.1, -0.05) is 0 Å². The molecule has 2 heterocycles. The predicted octanol–water partition coefficient (Wildman–Crippen LogP) is -0.166. The summed E-state index contributed by atoms with van der Waals surface area (Å²) < 4.78 is 0. The van der Waals surface area contributed by atoms with Gasteiger partial charge in [-0.3, -0.25) is 9.69 Å².